The predicted molar refractivity (Wildman–Crippen MR) is 69.0 cm³/mol. The van der Waals surface area contributed by atoms with E-state index in [-0.39, 0.29) is 24.6 Å². The monoisotopic (exact) mass is 252 g/mol. The first kappa shape index (κ1) is 12.4. The van der Waals surface area contributed by atoms with Gasteiger partial charge in [0, 0.05) is 6.54 Å². The number of nitrogens with one attached hydrogen (secondary N) is 1. The lowest BCUT2D eigenvalue weighted by atomic mass is 9.93. The van der Waals surface area contributed by atoms with E-state index in [9.17, 15) is 9.90 Å². The van der Waals surface area contributed by atoms with Crippen LogP contribution in [-0.2, 0) is 4.79 Å². The molecule has 5 atom stereocenters. The summed E-state index contributed by atoms with van der Waals surface area (Å²) in [6, 6.07) is 0.0663. The molecule has 1 amide bonds. The van der Waals surface area contributed by atoms with Gasteiger partial charge < -0.3 is 15.3 Å². The summed E-state index contributed by atoms with van der Waals surface area (Å²) in [4.78, 5) is 14.6. The Balaban J connectivity index is 1.71. The number of carbonyl (C=O) groups excluding carboxylic acids is 1. The second kappa shape index (κ2) is 4.82. The van der Waals surface area contributed by atoms with Gasteiger partial charge in [-0.05, 0) is 43.6 Å². The molecule has 0 aromatic rings. The molecule has 2 N–H and O–H groups in total. The van der Waals surface area contributed by atoms with Crippen LogP contribution in [0.25, 0.3) is 0 Å². The molecule has 102 valence electrons. The Kier molecular flexibility index (Phi) is 3.32. The Bertz CT molecular complexity index is 324. The summed E-state index contributed by atoms with van der Waals surface area (Å²) in [6.45, 7) is 4.07. The summed E-state index contributed by atoms with van der Waals surface area (Å²) in [6.07, 6.45) is 4.78. The van der Waals surface area contributed by atoms with Crippen molar-refractivity contribution in [3.63, 3.8) is 0 Å². The molecule has 2 saturated heterocycles. The molecule has 4 heteroatoms. The summed E-state index contributed by atoms with van der Waals surface area (Å²) in [5.74, 6) is 1.94. The molecule has 0 radical (unpaired) electrons. The van der Waals surface area contributed by atoms with Crippen molar-refractivity contribution < 1.29 is 9.90 Å². The Morgan fingerprint density at radius 2 is 2.22 bits per heavy atom. The Morgan fingerprint density at radius 1 is 1.39 bits per heavy atom. The normalized spacial score (nSPS) is 43.4. The van der Waals surface area contributed by atoms with Crippen LogP contribution in [-0.4, -0.2) is 47.7 Å². The van der Waals surface area contributed by atoms with Crippen LogP contribution >= 0.6 is 0 Å². The zero-order valence-corrected chi connectivity index (χ0v) is 11.1. The van der Waals surface area contributed by atoms with Crippen LogP contribution in [0.4, 0.5) is 0 Å². The molecule has 2 aliphatic heterocycles. The van der Waals surface area contributed by atoms with Gasteiger partial charge in [0.2, 0.25) is 5.91 Å². The van der Waals surface area contributed by atoms with Crippen LogP contribution < -0.4 is 5.32 Å². The van der Waals surface area contributed by atoms with Crippen LogP contribution in [0, 0.1) is 17.8 Å². The van der Waals surface area contributed by atoms with Gasteiger partial charge in [0.1, 0.15) is 0 Å². The fourth-order valence-electron chi connectivity index (χ4n) is 4.20. The third-order valence-corrected chi connectivity index (χ3v) is 5.36. The van der Waals surface area contributed by atoms with E-state index in [4.69, 9.17) is 0 Å². The maximum Gasteiger partial charge on any atom is 0.240 e. The van der Waals surface area contributed by atoms with Gasteiger partial charge >= 0.3 is 0 Å². The molecule has 3 aliphatic rings. The number of nitrogens with zero attached hydrogens (tertiary/aromatic N) is 1. The van der Waals surface area contributed by atoms with Gasteiger partial charge in [0.05, 0.1) is 18.7 Å². The van der Waals surface area contributed by atoms with Gasteiger partial charge in [-0.25, -0.2) is 0 Å². The smallest absolute Gasteiger partial charge is 0.240 e. The molecule has 0 bridgehead atoms. The molecule has 1 saturated carbocycles. The first-order valence-corrected chi connectivity index (χ1v) is 7.37. The first-order valence-electron chi connectivity index (χ1n) is 7.37. The van der Waals surface area contributed by atoms with Crippen LogP contribution in [0.15, 0.2) is 0 Å². The van der Waals surface area contributed by atoms with E-state index in [2.05, 4.69) is 12.2 Å². The minimum Gasteiger partial charge on any atom is -0.394 e. The molecule has 5 unspecified atom stereocenters. The number of carbonyl (C=O) groups is 1. The molecule has 0 spiro atoms. The summed E-state index contributed by atoms with van der Waals surface area (Å²) >= 11 is 0. The van der Waals surface area contributed by atoms with Crippen LogP contribution in [0.2, 0.25) is 0 Å². The fourth-order valence-corrected chi connectivity index (χ4v) is 4.20. The number of likely N-dealkylation sites (tertiary alicyclic amines) is 1. The molecule has 0 aromatic heterocycles. The van der Waals surface area contributed by atoms with Gasteiger partial charge in [-0.1, -0.05) is 13.3 Å². The average Bonchev–Trinajstić information content (AvgIpc) is 3.01. The maximum atomic E-state index is 12.7. The third kappa shape index (κ3) is 1.86. The second-order valence-electron chi connectivity index (χ2n) is 6.29. The second-order valence-corrected chi connectivity index (χ2v) is 6.29. The maximum absolute atomic E-state index is 12.7. The number of aliphatic hydroxyl groups excluding tert-OH is 1. The lowest BCUT2D eigenvalue weighted by molar-refractivity contribution is -0.136. The van der Waals surface area contributed by atoms with Gasteiger partial charge in [-0.2, -0.15) is 0 Å². The van der Waals surface area contributed by atoms with Crippen molar-refractivity contribution in [2.45, 2.75) is 44.7 Å². The minimum absolute atomic E-state index is 0.0249. The third-order valence-electron chi connectivity index (χ3n) is 5.36. The summed E-state index contributed by atoms with van der Waals surface area (Å²) in [5, 5.41) is 12.9. The Hall–Kier alpha value is -0.610. The van der Waals surface area contributed by atoms with Crippen molar-refractivity contribution in [1.82, 2.24) is 10.2 Å². The molecular formula is C14H24N2O2. The number of fused-ring (bicyclic) bond motifs is 1. The van der Waals surface area contributed by atoms with E-state index in [1.165, 1.54) is 19.3 Å². The Labute approximate surface area is 109 Å². The van der Waals surface area contributed by atoms with Gasteiger partial charge in [-0.3, -0.25) is 4.79 Å². The summed E-state index contributed by atoms with van der Waals surface area (Å²) < 4.78 is 0. The van der Waals surface area contributed by atoms with Crippen LogP contribution in [0.3, 0.4) is 0 Å². The van der Waals surface area contributed by atoms with E-state index < -0.39 is 0 Å². The van der Waals surface area contributed by atoms with Crippen molar-refractivity contribution in [3.05, 3.63) is 0 Å². The highest BCUT2D eigenvalue weighted by atomic mass is 16.3. The first-order chi connectivity index (χ1) is 8.72. The topological polar surface area (TPSA) is 52.6 Å². The molecule has 3 fully saturated rings. The van der Waals surface area contributed by atoms with E-state index in [1.54, 1.807) is 0 Å². The Morgan fingerprint density at radius 3 is 3.00 bits per heavy atom. The van der Waals surface area contributed by atoms with Crippen molar-refractivity contribution in [3.8, 4) is 0 Å². The summed E-state index contributed by atoms with van der Waals surface area (Å²) in [5.41, 5.74) is 0. The summed E-state index contributed by atoms with van der Waals surface area (Å²) in [7, 11) is 0. The number of amides is 1. The highest BCUT2D eigenvalue weighted by Gasteiger charge is 2.46. The quantitative estimate of drug-likeness (QED) is 0.757. The fraction of sp³-hybridized carbons (Fsp3) is 0.929. The molecule has 1 aliphatic carbocycles. The van der Waals surface area contributed by atoms with Crippen molar-refractivity contribution >= 4 is 5.91 Å². The molecule has 3 rings (SSSR count). The van der Waals surface area contributed by atoms with E-state index in [0.29, 0.717) is 17.8 Å². The lowest BCUT2D eigenvalue weighted by Crippen LogP contribution is -2.50. The van der Waals surface area contributed by atoms with E-state index in [0.717, 1.165) is 19.5 Å². The number of hydrogen-bond acceptors (Lipinski definition) is 3. The molecule has 4 nitrogen and oxygen atoms in total. The van der Waals surface area contributed by atoms with Crippen LogP contribution in [0.5, 0.6) is 0 Å². The number of rotatable bonds is 2. The number of hydrogen-bond donors (Lipinski definition) is 2. The zero-order valence-electron chi connectivity index (χ0n) is 11.1. The highest BCUT2D eigenvalue weighted by Crippen LogP contribution is 2.39. The van der Waals surface area contributed by atoms with Crippen molar-refractivity contribution in [2.24, 2.45) is 17.8 Å². The standard InChI is InChI=1S/C14H24N2O2/c1-9-5-6-16(12(9)8-17)14(18)13-11-4-2-3-10(11)7-15-13/h9-13,15,17H,2-8H2,1H3. The molecule has 18 heavy (non-hydrogen) atoms. The average molecular weight is 252 g/mol. The van der Waals surface area contributed by atoms with Crippen LogP contribution in [0.1, 0.15) is 32.6 Å². The molecule has 0 aromatic carbocycles. The number of aliphatic hydroxyl groups is 1. The van der Waals surface area contributed by atoms with Gasteiger partial charge in [0.25, 0.3) is 0 Å². The lowest BCUT2D eigenvalue weighted by Gasteiger charge is -2.29. The van der Waals surface area contributed by atoms with E-state index in [1.807, 2.05) is 4.90 Å². The molecule has 2 heterocycles. The van der Waals surface area contributed by atoms with E-state index >= 15 is 0 Å². The van der Waals surface area contributed by atoms with Crippen molar-refractivity contribution in [2.75, 3.05) is 19.7 Å². The minimum atomic E-state index is 0.0249. The van der Waals surface area contributed by atoms with Crippen molar-refractivity contribution in [1.29, 1.82) is 0 Å². The largest absolute Gasteiger partial charge is 0.394 e. The molecular weight excluding hydrogens is 228 g/mol. The predicted octanol–water partition coefficient (Wildman–Crippen LogP) is 0.604. The van der Waals surface area contributed by atoms with Gasteiger partial charge in [-0.15, -0.1) is 0 Å². The van der Waals surface area contributed by atoms with Gasteiger partial charge in [0.15, 0.2) is 0 Å². The highest BCUT2D eigenvalue weighted by molar-refractivity contribution is 5.83. The SMILES string of the molecule is CC1CCN(C(=O)C2NCC3CCCC32)C1CO. The zero-order chi connectivity index (χ0) is 12.7.